The number of benzene rings is 3. The van der Waals surface area contributed by atoms with Crippen molar-refractivity contribution < 1.29 is 9.47 Å². The second-order valence-corrected chi connectivity index (χ2v) is 8.12. The molecule has 1 aliphatic rings. The first-order chi connectivity index (χ1) is 15.8. The van der Waals surface area contributed by atoms with Crippen LogP contribution in [0.2, 0.25) is 0 Å². The summed E-state index contributed by atoms with van der Waals surface area (Å²) >= 11 is 0. The van der Waals surface area contributed by atoms with Crippen LogP contribution in [0, 0.1) is 0 Å². The molecule has 0 spiro atoms. The third-order valence-electron chi connectivity index (χ3n) is 5.76. The summed E-state index contributed by atoms with van der Waals surface area (Å²) in [6, 6.07) is 28.5. The summed E-state index contributed by atoms with van der Waals surface area (Å²) in [5.74, 6) is 1.68. The molecule has 0 radical (unpaired) electrons. The van der Waals surface area contributed by atoms with Gasteiger partial charge in [-0.1, -0.05) is 72.8 Å². The summed E-state index contributed by atoms with van der Waals surface area (Å²) in [5.41, 5.74) is 2.38. The zero-order chi connectivity index (χ0) is 22.0. The topological polar surface area (TPSA) is 24.9 Å². The van der Waals surface area contributed by atoms with E-state index in [1.807, 2.05) is 42.5 Å². The van der Waals surface area contributed by atoms with Crippen molar-refractivity contribution >= 4 is 30.9 Å². The van der Waals surface area contributed by atoms with Crippen molar-refractivity contribution in [3.05, 3.63) is 102 Å². The SMILES string of the molecule is CC(OCc1cccc(Oc2ccccc2)c1)N1CCN(C/C=C\c2ccccc2)CC1.Cl.Cl. The van der Waals surface area contributed by atoms with E-state index in [-0.39, 0.29) is 31.0 Å². The number of halogens is 2. The summed E-state index contributed by atoms with van der Waals surface area (Å²) in [6.45, 7) is 7.89. The van der Waals surface area contributed by atoms with E-state index in [4.69, 9.17) is 9.47 Å². The number of hydrogen-bond donors (Lipinski definition) is 0. The fourth-order valence-corrected chi connectivity index (χ4v) is 3.86. The molecule has 4 nitrogen and oxygen atoms in total. The molecule has 4 rings (SSSR count). The van der Waals surface area contributed by atoms with Crippen LogP contribution in [0.5, 0.6) is 11.5 Å². The molecule has 1 fully saturated rings. The van der Waals surface area contributed by atoms with Gasteiger partial charge in [0.05, 0.1) is 6.61 Å². The third kappa shape index (κ3) is 8.79. The van der Waals surface area contributed by atoms with Crippen molar-refractivity contribution in [3.63, 3.8) is 0 Å². The smallest absolute Gasteiger partial charge is 0.127 e. The lowest BCUT2D eigenvalue weighted by Gasteiger charge is -2.37. The minimum atomic E-state index is 0. The van der Waals surface area contributed by atoms with Crippen LogP contribution in [0.25, 0.3) is 6.08 Å². The van der Waals surface area contributed by atoms with Crippen LogP contribution < -0.4 is 4.74 Å². The molecule has 1 unspecified atom stereocenters. The Hall–Kier alpha value is -2.34. The first-order valence-electron chi connectivity index (χ1n) is 11.4. The van der Waals surface area contributed by atoms with E-state index in [0.717, 1.165) is 49.8 Å². The molecular weight excluding hydrogens is 467 g/mol. The van der Waals surface area contributed by atoms with E-state index < -0.39 is 0 Å². The van der Waals surface area contributed by atoms with Crippen molar-refractivity contribution in [1.29, 1.82) is 0 Å². The Balaban J connectivity index is 0.00000204. The molecule has 0 bridgehead atoms. The van der Waals surface area contributed by atoms with Crippen molar-refractivity contribution in [2.24, 2.45) is 0 Å². The first kappa shape index (κ1) is 27.9. The van der Waals surface area contributed by atoms with Crippen LogP contribution in [-0.2, 0) is 11.3 Å². The average molecular weight is 501 g/mol. The van der Waals surface area contributed by atoms with Crippen LogP contribution in [0.4, 0.5) is 0 Å². The highest BCUT2D eigenvalue weighted by molar-refractivity contribution is 5.85. The van der Waals surface area contributed by atoms with E-state index in [1.165, 1.54) is 5.56 Å². The minimum absolute atomic E-state index is 0. The van der Waals surface area contributed by atoms with Gasteiger partial charge in [-0.25, -0.2) is 0 Å². The molecule has 1 atom stereocenters. The highest BCUT2D eigenvalue weighted by atomic mass is 35.5. The second kappa shape index (κ2) is 14.8. The molecular formula is C28H34Cl2N2O2. The van der Waals surface area contributed by atoms with Gasteiger partial charge in [0.2, 0.25) is 0 Å². The molecule has 3 aromatic rings. The van der Waals surface area contributed by atoms with Gasteiger partial charge in [-0.15, -0.1) is 24.8 Å². The molecule has 3 aromatic carbocycles. The van der Waals surface area contributed by atoms with E-state index >= 15 is 0 Å². The molecule has 1 aliphatic heterocycles. The predicted molar refractivity (Wildman–Crippen MR) is 145 cm³/mol. The standard InChI is InChI=1S/C28H32N2O2.2ClH/c1-24(30-20-18-29(19-21-30)17-9-13-25-10-4-2-5-11-25)31-23-26-12-8-16-28(22-26)32-27-14-6-3-7-15-27;;/h2-16,22,24H,17-21,23H2,1H3;2*1H/b13-9-;;. The highest BCUT2D eigenvalue weighted by Crippen LogP contribution is 2.22. The zero-order valence-corrected chi connectivity index (χ0v) is 21.2. The number of ether oxygens (including phenoxy) is 2. The normalized spacial score (nSPS) is 15.3. The summed E-state index contributed by atoms with van der Waals surface area (Å²) < 4.78 is 12.1. The summed E-state index contributed by atoms with van der Waals surface area (Å²) in [5, 5.41) is 0. The van der Waals surface area contributed by atoms with Crippen LogP contribution in [0.1, 0.15) is 18.1 Å². The molecule has 6 heteroatoms. The second-order valence-electron chi connectivity index (χ2n) is 8.12. The van der Waals surface area contributed by atoms with Crippen molar-refractivity contribution in [1.82, 2.24) is 9.80 Å². The van der Waals surface area contributed by atoms with Crippen LogP contribution in [-0.4, -0.2) is 48.8 Å². The molecule has 34 heavy (non-hydrogen) atoms. The lowest BCUT2D eigenvalue weighted by atomic mass is 10.2. The minimum Gasteiger partial charge on any atom is -0.457 e. The van der Waals surface area contributed by atoms with E-state index in [9.17, 15) is 0 Å². The van der Waals surface area contributed by atoms with Gasteiger partial charge >= 0.3 is 0 Å². The van der Waals surface area contributed by atoms with Gasteiger partial charge in [0.1, 0.15) is 17.7 Å². The fourth-order valence-electron chi connectivity index (χ4n) is 3.86. The van der Waals surface area contributed by atoms with Gasteiger partial charge in [-0.2, -0.15) is 0 Å². The van der Waals surface area contributed by atoms with Crippen LogP contribution >= 0.6 is 24.8 Å². The Kier molecular flexibility index (Phi) is 12.2. The van der Waals surface area contributed by atoms with Gasteiger partial charge in [0, 0.05) is 32.7 Å². The summed E-state index contributed by atoms with van der Waals surface area (Å²) in [7, 11) is 0. The van der Waals surface area contributed by atoms with Crippen LogP contribution in [0.3, 0.4) is 0 Å². The maximum absolute atomic E-state index is 6.18. The Labute approximate surface area is 216 Å². The number of piperazine rings is 1. The first-order valence-corrected chi connectivity index (χ1v) is 11.4. The molecule has 0 amide bonds. The fraction of sp³-hybridized carbons (Fsp3) is 0.286. The molecule has 182 valence electrons. The van der Waals surface area contributed by atoms with Crippen molar-refractivity contribution in [2.75, 3.05) is 32.7 Å². The largest absolute Gasteiger partial charge is 0.457 e. The molecule has 0 aliphatic carbocycles. The molecule has 0 saturated carbocycles. The summed E-state index contributed by atoms with van der Waals surface area (Å²) in [6.07, 6.45) is 4.55. The third-order valence-corrected chi connectivity index (χ3v) is 5.76. The van der Waals surface area contributed by atoms with Crippen molar-refractivity contribution in [2.45, 2.75) is 19.8 Å². The lowest BCUT2D eigenvalue weighted by molar-refractivity contribution is -0.0720. The van der Waals surface area contributed by atoms with Gasteiger partial charge in [0.15, 0.2) is 0 Å². The number of nitrogens with zero attached hydrogens (tertiary/aromatic N) is 2. The molecule has 0 N–H and O–H groups in total. The quantitative estimate of drug-likeness (QED) is 0.334. The average Bonchev–Trinajstić information content (AvgIpc) is 2.84. The number of rotatable bonds is 9. The van der Waals surface area contributed by atoms with Crippen LogP contribution in [0.15, 0.2) is 91.0 Å². The molecule has 1 heterocycles. The number of hydrogen-bond acceptors (Lipinski definition) is 4. The molecule has 1 saturated heterocycles. The Morgan fingerprint density at radius 1 is 0.794 bits per heavy atom. The van der Waals surface area contributed by atoms with Gasteiger partial charge in [-0.05, 0) is 42.3 Å². The molecule has 0 aromatic heterocycles. The van der Waals surface area contributed by atoms with E-state index in [0.29, 0.717) is 6.61 Å². The zero-order valence-electron chi connectivity index (χ0n) is 19.6. The summed E-state index contributed by atoms with van der Waals surface area (Å²) in [4.78, 5) is 4.91. The van der Waals surface area contributed by atoms with E-state index in [2.05, 4.69) is 71.3 Å². The Bertz CT molecular complexity index is 978. The monoisotopic (exact) mass is 500 g/mol. The van der Waals surface area contributed by atoms with E-state index in [1.54, 1.807) is 0 Å². The van der Waals surface area contributed by atoms with Crippen molar-refractivity contribution in [3.8, 4) is 11.5 Å². The maximum atomic E-state index is 6.18. The maximum Gasteiger partial charge on any atom is 0.127 e. The Morgan fingerprint density at radius 2 is 1.44 bits per heavy atom. The lowest BCUT2D eigenvalue weighted by Crippen LogP contribution is -2.50. The predicted octanol–water partition coefficient (Wildman–Crippen LogP) is 6.52. The highest BCUT2D eigenvalue weighted by Gasteiger charge is 2.20. The van der Waals surface area contributed by atoms with Gasteiger partial charge in [0.25, 0.3) is 0 Å². The van der Waals surface area contributed by atoms with Gasteiger partial charge in [-0.3, -0.25) is 9.80 Å². The number of para-hydroxylation sites is 1. The Morgan fingerprint density at radius 3 is 2.15 bits per heavy atom. The van der Waals surface area contributed by atoms with Gasteiger partial charge < -0.3 is 9.47 Å².